The number of hydrogen-bond acceptors (Lipinski definition) is 5. The molecule has 1 aliphatic carbocycles. The first-order chi connectivity index (χ1) is 10.2. The fourth-order valence-electron chi connectivity index (χ4n) is 2.82. The molecule has 1 aromatic heterocycles. The molecule has 0 amide bonds. The van der Waals surface area contributed by atoms with Crippen LogP contribution in [0.4, 0.5) is 5.13 Å². The van der Waals surface area contributed by atoms with Crippen LogP contribution in [-0.2, 0) is 11.3 Å². The van der Waals surface area contributed by atoms with Crippen LogP contribution in [0.15, 0.2) is 0 Å². The van der Waals surface area contributed by atoms with Crippen LogP contribution < -0.4 is 10.2 Å². The third-order valence-corrected chi connectivity index (χ3v) is 5.44. The van der Waals surface area contributed by atoms with Crippen molar-refractivity contribution < 1.29 is 4.74 Å². The van der Waals surface area contributed by atoms with Gasteiger partial charge in [-0.2, -0.15) is 0 Å². The molecule has 1 saturated carbocycles. The Hall–Kier alpha value is -0.650. The van der Waals surface area contributed by atoms with Gasteiger partial charge in [-0.1, -0.05) is 20.8 Å². The Bertz CT molecular complexity index is 470. The highest BCUT2D eigenvalue weighted by Gasteiger charge is 2.27. The number of ether oxygens (including phenoxy) is 1. The van der Waals surface area contributed by atoms with E-state index in [0.717, 1.165) is 38.8 Å². The van der Waals surface area contributed by atoms with Gasteiger partial charge in [0.2, 0.25) is 0 Å². The van der Waals surface area contributed by atoms with Crippen LogP contribution >= 0.6 is 11.3 Å². The lowest BCUT2D eigenvalue weighted by Crippen LogP contribution is -2.45. The molecule has 0 aromatic carbocycles. The van der Waals surface area contributed by atoms with Crippen molar-refractivity contribution in [3.63, 3.8) is 0 Å². The number of anilines is 1. The summed E-state index contributed by atoms with van der Waals surface area (Å²) in [5.74, 6) is 0.493. The highest BCUT2D eigenvalue weighted by atomic mass is 32.1. The average Bonchev–Trinajstić information content (AvgIpc) is 3.22. The topological polar surface area (TPSA) is 37.4 Å². The predicted molar refractivity (Wildman–Crippen MR) is 88.3 cm³/mol. The molecular formula is C16H27N3OS. The molecule has 21 heavy (non-hydrogen) atoms. The lowest BCUT2D eigenvalue weighted by atomic mass is 10.1. The maximum Gasteiger partial charge on any atom is 0.186 e. The Morgan fingerprint density at radius 3 is 2.90 bits per heavy atom. The van der Waals surface area contributed by atoms with Crippen LogP contribution in [0.5, 0.6) is 0 Å². The first kappa shape index (κ1) is 15.3. The van der Waals surface area contributed by atoms with E-state index in [4.69, 9.17) is 9.72 Å². The summed E-state index contributed by atoms with van der Waals surface area (Å²) in [7, 11) is 0. The number of thiazole rings is 1. The quantitative estimate of drug-likeness (QED) is 0.876. The summed E-state index contributed by atoms with van der Waals surface area (Å²) in [4.78, 5) is 8.86. The zero-order valence-corrected chi connectivity index (χ0v) is 14.2. The Morgan fingerprint density at radius 2 is 2.24 bits per heavy atom. The van der Waals surface area contributed by atoms with Crippen LogP contribution in [0.3, 0.4) is 0 Å². The first-order valence-corrected chi connectivity index (χ1v) is 9.08. The minimum Gasteiger partial charge on any atom is -0.377 e. The number of rotatable bonds is 6. The van der Waals surface area contributed by atoms with Gasteiger partial charge in [-0.25, -0.2) is 4.98 Å². The van der Waals surface area contributed by atoms with Crippen LogP contribution in [0, 0.1) is 0 Å². The van der Waals surface area contributed by atoms with E-state index in [1.807, 2.05) is 11.3 Å². The van der Waals surface area contributed by atoms with Crippen molar-refractivity contribution in [2.45, 2.75) is 64.6 Å². The molecule has 1 saturated heterocycles. The molecule has 1 aliphatic heterocycles. The Balaban J connectivity index is 1.78. The van der Waals surface area contributed by atoms with Gasteiger partial charge < -0.3 is 15.0 Å². The lowest BCUT2D eigenvalue weighted by Gasteiger charge is -2.34. The molecular weight excluding hydrogens is 282 g/mol. The molecule has 0 spiro atoms. The molecule has 2 aliphatic rings. The Kier molecular flexibility index (Phi) is 4.82. The maximum absolute atomic E-state index is 5.62. The molecule has 118 valence electrons. The average molecular weight is 309 g/mol. The van der Waals surface area contributed by atoms with Crippen LogP contribution in [0.1, 0.15) is 56.5 Å². The van der Waals surface area contributed by atoms with Gasteiger partial charge in [-0.05, 0) is 25.2 Å². The van der Waals surface area contributed by atoms with E-state index >= 15 is 0 Å². The highest BCUT2D eigenvalue weighted by molar-refractivity contribution is 7.15. The molecule has 5 heteroatoms. The number of nitrogens with zero attached hydrogens (tertiary/aromatic N) is 2. The second-order valence-corrected chi connectivity index (χ2v) is 7.51. The fourth-order valence-corrected chi connectivity index (χ4v) is 4.08. The van der Waals surface area contributed by atoms with Crippen molar-refractivity contribution in [2.75, 3.05) is 24.7 Å². The van der Waals surface area contributed by atoms with E-state index in [9.17, 15) is 0 Å². The summed E-state index contributed by atoms with van der Waals surface area (Å²) < 4.78 is 5.62. The summed E-state index contributed by atoms with van der Waals surface area (Å²) in [6.45, 7) is 10.3. The van der Waals surface area contributed by atoms with Crippen LogP contribution in [-0.4, -0.2) is 36.8 Å². The van der Waals surface area contributed by atoms with E-state index in [2.05, 4.69) is 31.0 Å². The van der Waals surface area contributed by atoms with Crippen LogP contribution in [0.2, 0.25) is 0 Å². The second kappa shape index (κ2) is 6.63. The van der Waals surface area contributed by atoms with Crippen molar-refractivity contribution in [3.8, 4) is 0 Å². The molecule has 1 unspecified atom stereocenters. The molecule has 1 atom stereocenters. The standard InChI is InChI=1S/C16H27N3OS/c1-4-13-10-20-8-7-19(13)16-18-15(11(2)3)14(21-16)9-17-12-5-6-12/h11-13,17H,4-10H2,1-3H3. The largest absolute Gasteiger partial charge is 0.377 e. The molecule has 2 fully saturated rings. The van der Waals surface area contributed by atoms with E-state index in [0.29, 0.717) is 12.0 Å². The molecule has 1 N–H and O–H groups in total. The Morgan fingerprint density at radius 1 is 1.43 bits per heavy atom. The predicted octanol–water partition coefficient (Wildman–Crippen LogP) is 3.13. The maximum atomic E-state index is 5.62. The minimum absolute atomic E-state index is 0.481. The minimum atomic E-state index is 0.481. The van der Waals surface area contributed by atoms with Crippen molar-refractivity contribution in [3.05, 3.63) is 10.6 Å². The molecule has 1 aromatic rings. The van der Waals surface area contributed by atoms with Gasteiger partial charge in [-0.3, -0.25) is 0 Å². The zero-order chi connectivity index (χ0) is 14.8. The van der Waals surface area contributed by atoms with E-state index in [1.165, 1.54) is 28.5 Å². The van der Waals surface area contributed by atoms with Gasteiger partial charge in [0.1, 0.15) is 0 Å². The number of hydrogen-bond donors (Lipinski definition) is 1. The third kappa shape index (κ3) is 3.58. The van der Waals surface area contributed by atoms with Gasteiger partial charge in [0.25, 0.3) is 0 Å². The van der Waals surface area contributed by atoms with E-state index < -0.39 is 0 Å². The van der Waals surface area contributed by atoms with Crippen LogP contribution in [0.25, 0.3) is 0 Å². The Labute approximate surface area is 131 Å². The zero-order valence-electron chi connectivity index (χ0n) is 13.4. The first-order valence-electron chi connectivity index (χ1n) is 8.26. The van der Waals surface area contributed by atoms with Gasteiger partial charge in [0.15, 0.2) is 5.13 Å². The summed E-state index contributed by atoms with van der Waals surface area (Å²) in [6.07, 6.45) is 3.79. The van der Waals surface area contributed by atoms with E-state index in [1.54, 1.807) is 0 Å². The van der Waals surface area contributed by atoms with Gasteiger partial charge in [-0.15, -0.1) is 11.3 Å². The van der Waals surface area contributed by atoms with E-state index in [-0.39, 0.29) is 0 Å². The van der Waals surface area contributed by atoms with Gasteiger partial charge >= 0.3 is 0 Å². The normalized spacial score (nSPS) is 23.0. The van der Waals surface area contributed by atoms with Gasteiger partial charge in [0.05, 0.1) is 24.9 Å². The summed E-state index contributed by atoms with van der Waals surface area (Å²) in [6, 6.07) is 1.23. The summed E-state index contributed by atoms with van der Waals surface area (Å²) in [5.41, 5.74) is 1.28. The highest BCUT2D eigenvalue weighted by Crippen LogP contribution is 2.33. The monoisotopic (exact) mass is 309 g/mol. The smallest absolute Gasteiger partial charge is 0.186 e. The van der Waals surface area contributed by atoms with Crippen molar-refractivity contribution in [1.82, 2.24) is 10.3 Å². The molecule has 0 radical (unpaired) electrons. The van der Waals surface area contributed by atoms with Gasteiger partial charge in [0, 0.05) is 24.0 Å². The van der Waals surface area contributed by atoms with Crippen molar-refractivity contribution >= 4 is 16.5 Å². The summed E-state index contributed by atoms with van der Waals surface area (Å²) >= 11 is 1.88. The van der Waals surface area contributed by atoms with Crippen molar-refractivity contribution in [1.29, 1.82) is 0 Å². The molecule has 3 rings (SSSR count). The number of aromatic nitrogens is 1. The molecule has 0 bridgehead atoms. The molecule has 4 nitrogen and oxygen atoms in total. The molecule has 2 heterocycles. The number of morpholine rings is 1. The lowest BCUT2D eigenvalue weighted by molar-refractivity contribution is 0.0929. The fraction of sp³-hybridized carbons (Fsp3) is 0.812. The third-order valence-electron chi connectivity index (χ3n) is 4.34. The summed E-state index contributed by atoms with van der Waals surface area (Å²) in [5, 5.41) is 4.83. The number of nitrogens with one attached hydrogen (secondary N) is 1. The second-order valence-electron chi connectivity index (χ2n) is 6.45. The van der Waals surface area contributed by atoms with Crippen molar-refractivity contribution in [2.24, 2.45) is 0 Å². The SMILES string of the molecule is CCC1COCCN1c1nc(C(C)C)c(CNC2CC2)s1.